The van der Waals surface area contributed by atoms with Crippen molar-refractivity contribution >= 4 is 0 Å². The van der Waals surface area contributed by atoms with Gasteiger partial charge in [-0.2, -0.15) is 0 Å². The summed E-state index contributed by atoms with van der Waals surface area (Å²) in [5, 5.41) is 0. The van der Waals surface area contributed by atoms with E-state index in [1.807, 2.05) is 0 Å². The van der Waals surface area contributed by atoms with Crippen molar-refractivity contribution in [3.8, 4) is 0 Å². The molecule has 0 saturated carbocycles. The molecule has 0 heterocycles. The Labute approximate surface area is 76.3 Å². The summed E-state index contributed by atoms with van der Waals surface area (Å²) in [4.78, 5) is 0. The first-order valence-corrected chi connectivity index (χ1v) is 4.78. The Morgan fingerprint density at radius 3 is 2.17 bits per heavy atom. The van der Waals surface area contributed by atoms with E-state index in [-0.39, 0.29) is 5.60 Å². The Balaban J connectivity index is 3.01. The lowest BCUT2D eigenvalue weighted by Gasteiger charge is -2.19. The van der Waals surface area contributed by atoms with Crippen molar-refractivity contribution in [2.24, 2.45) is 0 Å². The van der Waals surface area contributed by atoms with Crippen molar-refractivity contribution in [1.29, 1.82) is 0 Å². The van der Waals surface area contributed by atoms with Crippen molar-refractivity contribution in [3.63, 3.8) is 0 Å². The van der Waals surface area contributed by atoms with Gasteiger partial charge in [0.2, 0.25) is 0 Å². The molecule has 0 amide bonds. The molecule has 0 rings (SSSR count). The van der Waals surface area contributed by atoms with Gasteiger partial charge >= 0.3 is 0 Å². The Morgan fingerprint density at radius 1 is 1.00 bits per heavy atom. The summed E-state index contributed by atoms with van der Waals surface area (Å²) >= 11 is 0. The molecule has 0 atom stereocenters. The van der Waals surface area contributed by atoms with Crippen molar-refractivity contribution in [2.45, 2.75) is 46.1 Å². The van der Waals surface area contributed by atoms with Gasteiger partial charge in [-0.1, -0.05) is 13.3 Å². The molecule has 0 fully saturated rings. The molecule has 0 aromatic carbocycles. The Morgan fingerprint density at radius 2 is 1.67 bits per heavy atom. The number of hydrogen-bond donors (Lipinski definition) is 0. The molecule has 0 aromatic heterocycles. The summed E-state index contributed by atoms with van der Waals surface area (Å²) in [6.07, 6.45) is 2.34. The first-order valence-electron chi connectivity index (χ1n) is 4.78. The van der Waals surface area contributed by atoms with Crippen LogP contribution < -0.4 is 0 Å². The van der Waals surface area contributed by atoms with E-state index in [1.165, 1.54) is 6.42 Å². The molecule has 0 aliphatic rings. The maximum absolute atomic E-state index is 5.48. The third-order valence-corrected chi connectivity index (χ3v) is 1.40. The predicted molar refractivity (Wildman–Crippen MR) is 51.4 cm³/mol. The van der Waals surface area contributed by atoms with E-state index in [4.69, 9.17) is 9.47 Å². The number of unbranched alkanes of at least 4 members (excludes halogenated alkanes) is 1. The second kappa shape index (κ2) is 6.44. The van der Waals surface area contributed by atoms with Gasteiger partial charge in [0.05, 0.1) is 18.8 Å². The molecule has 0 bridgehead atoms. The maximum atomic E-state index is 5.48. The molecule has 0 aliphatic carbocycles. The molecule has 2 nitrogen and oxygen atoms in total. The molecule has 0 spiro atoms. The Kier molecular flexibility index (Phi) is 6.39. The lowest BCUT2D eigenvalue weighted by molar-refractivity contribution is -0.0350. The highest BCUT2D eigenvalue weighted by molar-refractivity contribution is 4.57. The van der Waals surface area contributed by atoms with E-state index in [1.54, 1.807) is 0 Å². The maximum Gasteiger partial charge on any atom is 0.0707 e. The lowest BCUT2D eigenvalue weighted by Crippen LogP contribution is -2.21. The van der Waals surface area contributed by atoms with Gasteiger partial charge in [0, 0.05) is 6.61 Å². The molecule has 0 unspecified atom stereocenters. The van der Waals surface area contributed by atoms with E-state index in [0.29, 0.717) is 6.61 Å². The van der Waals surface area contributed by atoms with Gasteiger partial charge in [-0.05, 0) is 27.2 Å². The lowest BCUT2D eigenvalue weighted by atomic mass is 10.2. The normalized spacial score (nSPS) is 12.0. The van der Waals surface area contributed by atoms with Crippen LogP contribution in [0.15, 0.2) is 0 Å². The highest BCUT2D eigenvalue weighted by Gasteiger charge is 2.08. The van der Waals surface area contributed by atoms with Crippen molar-refractivity contribution in [3.05, 3.63) is 0 Å². The number of ether oxygens (including phenoxy) is 2. The second-order valence-corrected chi connectivity index (χ2v) is 3.93. The minimum atomic E-state index is -0.0336. The van der Waals surface area contributed by atoms with Crippen LogP contribution in [-0.2, 0) is 9.47 Å². The summed E-state index contributed by atoms with van der Waals surface area (Å²) in [7, 11) is 0. The zero-order chi connectivity index (χ0) is 9.45. The largest absolute Gasteiger partial charge is 0.379 e. The van der Waals surface area contributed by atoms with Crippen LogP contribution in [0.4, 0.5) is 0 Å². The average molecular weight is 174 g/mol. The number of hydrogen-bond acceptors (Lipinski definition) is 2. The van der Waals surface area contributed by atoms with Crippen LogP contribution in [0, 0.1) is 0 Å². The molecule has 2 heteroatoms. The molecule has 74 valence electrons. The van der Waals surface area contributed by atoms with Gasteiger partial charge in [0.15, 0.2) is 0 Å². The predicted octanol–water partition coefficient (Wildman–Crippen LogP) is 2.62. The molecule has 0 aromatic rings. The van der Waals surface area contributed by atoms with Gasteiger partial charge in [-0.3, -0.25) is 0 Å². The van der Waals surface area contributed by atoms with Crippen molar-refractivity contribution < 1.29 is 9.47 Å². The average Bonchev–Trinajstić information content (AvgIpc) is 1.94. The van der Waals surface area contributed by atoms with Gasteiger partial charge in [-0.25, -0.2) is 0 Å². The van der Waals surface area contributed by atoms with Crippen LogP contribution in [0.5, 0.6) is 0 Å². The van der Waals surface area contributed by atoms with E-state index in [9.17, 15) is 0 Å². The fourth-order valence-electron chi connectivity index (χ4n) is 0.755. The van der Waals surface area contributed by atoms with E-state index >= 15 is 0 Å². The van der Waals surface area contributed by atoms with E-state index < -0.39 is 0 Å². The summed E-state index contributed by atoms with van der Waals surface area (Å²) in [6.45, 7) is 10.6. The molecular formula is C10H22O2. The van der Waals surface area contributed by atoms with Gasteiger partial charge in [0.25, 0.3) is 0 Å². The zero-order valence-electron chi connectivity index (χ0n) is 8.85. The first kappa shape index (κ1) is 11.9. The van der Waals surface area contributed by atoms with Crippen molar-refractivity contribution in [1.82, 2.24) is 0 Å². The van der Waals surface area contributed by atoms with Crippen LogP contribution in [0.1, 0.15) is 40.5 Å². The second-order valence-electron chi connectivity index (χ2n) is 3.93. The molecule has 0 aliphatic heterocycles. The molecule has 0 saturated heterocycles. The van der Waals surface area contributed by atoms with Gasteiger partial charge in [-0.15, -0.1) is 0 Å². The zero-order valence-corrected chi connectivity index (χ0v) is 8.85. The van der Waals surface area contributed by atoms with Crippen LogP contribution in [0.2, 0.25) is 0 Å². The monoisotopic (exact) mass is 174 g/mol. The summed E-state index contributed by atoms with van der Waals surface area (Å²) in [5.41, 5.74) is -0.0336. The number of rotatable bonds is 6. The molecule has 0 radical (unpaired) electrons. The standard InChI is InChI=1S/C10H22O2/c1-5-6-7-11-8-9-12-10(2,3)4/h5-9H2,1-4H3. The van der Waals surface area contributed by atoms with Gasteiger partial charge in [0.1, 0.15) is 0 Å². The molecule has 0 N–H and O–H groups in total. The van der Waals surface area contributed by atoms with Crippen LogP contribution in [0.25, 0.3) is 0 Å². The quantitative estimate of drug-likeness (QED) is 0.576. The van der Waals surface area contributed by atoms with Crippen molar-refractivity contribution in [2.75, 3.05) is 19.8 Å². The minimum absolute atomic E-state index is 0.0336. The van der Waals surface area contributed by atoms with Crippen LogP contribution in [0.3, 0.4) is 0 Å². The molecular weight excluding hydrogens is 152 g/mol. The minimum Gasteiger partial charge on any atom is -0.379 e. The van der Waals surface area contributed by atoms with E-state index in [2.05, 4.69) is 27.7 Å². The Hall–Kier alpha value is -0.0800. The Bertz CT molecular complexity index is 94.5. The summed E-state index contributed by atoms with van der Waals surface area (Å²) in [6, 6.07) is 0. The first-order chi connectivity index (χ1) is 5.56. The van der Waals surface area contributed by atoms with Crippen LogP contribution in [-0.4, -0.2) is 25.4 Å². The smallest absolute Gasteiger partial charge is 0.0707 e. The SMILES string of the molecule is CCCCOCCOC(C)(C)C. The highest BCUT2D eigenvalue weighted by atomic mass is 16.5. The summed E-state index contributed by atoms with van der Waals surface area (Å²) < 4.78 is 10.8. The fraction of sp³-hybridized carbons (Fsp3) is 1.00. The van der Waals surface area contributed by atoms with Crippen LogP contribution >= 0.6 is 0 Å². The third kappa shape index (κ3) is 9.92. The van der Waals surface area contributed by atoms with E-state index in [0.717, 1.165) is 19.6 Å². The van der Waals surface area contributed by atoms with Gasteiger partial charge < -0.3 is 9.47 Å². The summed E-state index contributed by atoms with van der Waals surface area (Å²) in [5.74, 6) is 0. The third-order valence-electron chi connectivity index (χ3n) is 1.40. The fourth-order valence-corrected chi connectivity index (χ4v) is 0.755. The highest BCUT2D eigenvalue weighted by Crippen LogP contribution is 2.05. The topological polar surface area (TPSA) is 18.5 Å². The molecule has 12 heavy (non-hydrogen) atoms.